The van der Waals surface area contributed by atoms with Crippen LogP contribution >= 0.6 is 23.2 Å². The van der Waals surface area contributed by atoms with Crippen LogP contribution < -0.4 is 9.64 Å². The van der Waals surface area contributed by atoms with Gasteiger partial charge in [0.05, 0.1) is 7.11 Å². The zero-order valence-corrected chi connectivity index (χ0v) is 12.0. The molecule has 0 aliphatic heterocycles. The van der Waals surface area contributed by atoms with E-state index >= 15 is 0 Å². The molecule has 1 aromatic carbocycles. The second-order valence-corrected chi connectivity index (χ2v) is 4.58. The van der Waals surface area contributed by atoms with Crippen LogP contribution in [0.3, 0.4) is 0 Å². The summed E-state index contributed by atoms with van der Waals surface area (Å²) in [7, 11) is 3.32. The lowest BCUT2D eigenvalue weighted by molar-refractivity contribution is 0.378. The molecule has 0 amide bonds. The number of hydrogen-bond acceptors (Lipinski definition) is 5. The molecule has 0 bridgehead atoms. The van der Waals surface area contributed by atoms with Crippen LogP contribution in [-0.2, 0) is 6.54 Å². The molecule has 2 rings (SSSR count). The van der Waals surface area contributed by atoms with Crippen LogP contribution in [0.2, 0.25) is 10.3 Å². The average molecular weight is 299 g/mol. The van der Waals surface area contributed by atoms with Gasteiger partial charge in [-0.2, -0.15) is 15.0 Å². The van der Waals surface area contributed by atoms with Crippen LogP contribution in [0, 0.1) is 0 Å². The van der Waals surface area contributed by atoms with Gasteiger partial charge in [0.2, 0.25) is 11.2 Å². The fourth-order valence-electron chi connectivity index (χ4n) is 1.54. The lowest BCUT2D eigenvalue weighted by Crippen LogP contribution is -2.20. The lowest BCUT2D eigenvalue weighted by atomic mass is 10.2. The van der Waals surface area contributed by atoms with Crippen molar-refractivity contribution in [3.8, 4) is 6.01 Å². The Labute approximate surface area is 121 Å². The minimum Gasteiger partial charge on any atom is -0.467 e. The van der Waals surface area contributed by atoms with Gasteiger partial charge in [0.25, 0.3) is 0 Å². The van der Waals surface area contributed by atoms with Crippen molar-refractivity contribution in [1.29, 1.82) is 0 Å². The summed E-state index contributed by atoms with van der Waals surface area (Å²) in [6.07, 6.45) is 0. The van der Waals surface area contributed by atoms with Crippen molar-refractivity contribution >= 4 is 29.2 Å². The van der Waals surface area contributed by atoms with Gasteiger partial charge in [-0.3, -0.25) is 0 Å². The molecule has 2 aromatic rings. The molecule has 0 aliphatic rings. The van der Waals surface area contributed by atoms with Gasteiger partial charge in [0, 0.05) is 18.6 Å². The van der Waals surface area contributed by atoms with E-state index in [2.05, 4.69) is 15.0 Å². The predicted molar refractivity (Wildman–Crippen MR) is 74.9 cm³/mol. The Morgan fingerprint density at radius 1 is 1.16 bits per heavy atom. The second-order valence-electron chi connectivity index (χ2n) is 3.84. The predicted octanol–water partition coefficient (Wildman–Crippen LogP) is 2.82. The van der Waals surface area contributed by atoms with Crippen molar-refractivity contribution < 1.29 is 4.74 Å². The smallest absolute Gasteiger partial charge is 0.322 e. The SMILES string of the molecule is COc1nc(Cl)nc(N(C)Cc2ccccc2Cl)n1. The van der Waals surface area contributed by atoms with Gasteiger partial charge in [-0.1, -0.05) is 29.8 Å². The Bertz CT molecular complexity index is 579. The second kappa shape index (κ2) is 6.04. The molecule has 0 N–H and O–H groups in total. The third kappa shape index (κ3) is 3.45. The molecule has 1 aromatic heterocycles. The minimum atomic E-state index is 0.0906. The summed E-state index contributed by atoms with van der Waals surface area (Å²) in [6, 6.07) is 7.77. The third-order valence-corrected chi connectivity index (χ3v) is 3.00. The van der Waals surface area contributed by atoms with E-state index in [1.165, 1.54) is 7.11 Å². The molecular weight excluding hydrogens is 287 g/mol. The van der Waals surface area contributed by atoms with E-state index in [0.29, 0.717) is 17.5 Å². The monoisotopic (exact) mass is 298 g/mol. The fourth-order valence-corrected chi connectivity index (χ4v) is 1.88. The molecule has 5 nitrogen and oxygen atoms in total. The van der Waals surface area contributed by atoms with E-state index in [0.717, 1.165) is 5.56 Å². The Morgan fingerprint density at radius 3 is 2.58 bits per heavy atom. The zero-order valence-electron chi connectivity index (χ0n) is 10.5. The maximum Gasteiger partial charge on any atom is 0.322 e. The van der Waals surface area contributed by atoms with Crippen molar-refractivity contribution in [1.82, 2.24) is 15.0 Å². The number of hydrogen-bond donors (Lipinski definition) is 0. The molecular formula is C12H12Cl2N4O. The van der Waals surface area contributed by atoms with Crippen molar-refractivity contribution in [3.05, 3.63) is 40.1 Å². The molecule has 0 unspecified atom stereocenters. The summed E-state index contributed by atoms with van der Waals surface area (Å²) in [6.45, 7) is 0.559. The van der Waals surface area contributed by atoms with Crippen molar-refractivity contribution in [3.63, 3.8) is 0 Å². The summed E-state index contributed by atoms with van der Waals surface area (Å²) in [5.41, 5.74) is 0.974. The quantitative estimate of drug-likeness (QED) is 0.869. The van der Waals surface area contributed by atoms with Crippen LogP contribution in [0.5, 0.6) is 6.01 Å². The molecule has 0 saturated heterocycles. The number of benzene rings is 1. The van der Waals surface area contributed by atoms with E-state index in [9.17, 15) is 0 Å². The van der Waals surface area contributed by atoms with Gasteiger partial charge in [-0.05, 0) is 23.2 Å². The summed E-state index contributed by atoms with van der Waals surface area (Å²) in [5, 5.41) is 0.786. The summed E-state index contributed by atoms with van der Waals surface area (Å²) in [5.74, 6) is 0.428. The molecule has 0 atom stereocenters. The van der Waals surface area contributed by atoms with Crippen LogP contribution in [0.15, 0.2) is 24.3 Å². The largest absolute Gasteiger partial charge is 0.467 e. The molecule has 0 saturated carbocycles. The molecule has 1 heterocycles. The first-order valence-corrected chi connectivity index (χ1v) is 6.26. The van der Waals surface area contributed by atoms with E-state index in [1.54, 1.807) is 0 Å². The Kier molecular flexibility index (Phi) is 4.39. The van der Waals surface area contributed by atoms with E-state index in [1.807, 2.05) is 36.2 Å². The summed E-state index contributed by atoms with van der Waals surface area (Å²) in [4.78, 5) is 13.8. The first-order chi connectivity index (χ1) is 9.10. The highest BCUT2D eigenvalue weighted by molar-refractivity contribution is 6.31. The lowest BCUT2D eigenvalue weighted by Gasteiger charge is -2.17. The number of anilines is 1. The highest BCUT2D eigenvalue weighted by Gasteiger charge is 2.11. The standard InChI is InChI=1S/C12H12Cl2N4O/c1-18(7-8-5-3-4-6-9(8)13)11-15-10(14)16-12(17-11)19-2/h3-6H,7H2,1-2H3. The molecule has 19 heavy (non-hydrogen) atoms. The van der Waals surface area contributed by atoms with Crippen LogP contribution in [0.4, 0.5) is 5.95 Å². The molecule has 7 heteroatoms. The Hall–Kier alpha value is -1.59. The molecule has 0 fully saturated rings. The van der Waals surface area contributed by atoms with Crippen LogP contribution in [-0.4, -0.2) is 29.1 Å². The first kappa shape index (κ1) is 13.8. The first-order valence-electron chi connectivity index (χ1n) is 5.50. The Morgan fingerprint density at radius 2 is 1.89 bits per heavy atom. The minimum absolute atomic E-state index is 0.0906. The number of ether oxygens (including phenoxy) is 1. The van der Waals surface area contributed by atoms with Crippen molar-refractivity contribution in [2.24, 2.45) is 0 Å². The van der Waals surface area contributed by atoms with Gasteiger partial charge >= 0.3 is 6.01 Å². The number of halogens is 2. The summed E-state index contributed by atoms with van der Waals surface area (Å²) >= 11 is 11.9. The molecule has 0 aliphatic carbocycles. The van der Waals surface area contributed by atoms with Crippen molar-refractivity contribution in [2.75, 3.05) is 19.1 Å². The van der Waals surface area contributed by atoms with Gasteiger partial charge in [0.1, 0.15) is 0 Å². The van der Waals surface area contributed by atoms with Crippen LogP contribution in [0.25, 0.3) is 0 Å². The molecule has 0 radical (unpaired) electrons. The summed E-state index contributed by atoms with van der Waals surface area (Å²) < 4.78 is 4.96. The molecule has 0 spiro atoms. The highest BCUT2D eigenvalue weighted by atomic mass is 35.5. The number of aromatic nitrogens is 3. The number of nitrogens with zero attached hydrogens (tertiary/aromatic N) is 4. The average Bonchev–Trinajstić information content (AvgIpc) is 2.40. The van der Waals surface area contributed by atoms with E-state index < -0.39 is 0 Å². The molecule has 100 valence electrons. The van der Waals surface area contributed by atoms with E-state index in [-0.39, 0.29) is 11.3 Å². The fraction of sp³-hybridized carbons (Fsp3) is 0.250. The topological polar surface area (TPSA) is 51.1 Å². The zero-order chi connectivity index (χ0) is 13.8. The maximum absolute atomic E-state index is 6.12. The van der Waals surface area contributed by atoms with Gasteiger partial charge in [0.15, 0.2) is 0 Å². The normalized spacial score (nSPS) is 10.3. The third-order valence-electron chi connectivity index (χ3n) is 2.47. The number of methoxy groups -OCH3 is 1. The number of rotatable bonds is 4. The van der Waals surface area contributed by atoms with Gasteiger partial charge in [-0.25, -0.2) is 0 Å². The van der Waals surface area contributed by atoms with Gasteiger partial charge in [-0.15, -0.1) is 0 Å². The highest BCUT2D eigenvalue weighted by Crippen LogP contribution is 2.20. The van der Waals surface area contributed by atoms with E-state index in [4.69, 9.17) is 27.9 Å². The maximum atomic E-state index is 6.12. The van der Waals surface area contributed by atoms with Crippen molar-refractivity contribution in [2.45, 2.75) is 6.54 Å². The Balaban J connectivity index is 2.22. The van der Waals surface area contributed by atoms with Gasteiger partial charge < -0.3 is 9.64 Å². The van der Waals surface area contributed by atoms with Crippen LogP contribution in [0.1, 0.15) is 5.56 Å².